The van der Waals surface area contributed by atoms with Crippen molar-refractivity contribution < 1.29 is 19.1 Å². The number of amides is 2. The van der Waals surface area contributed by atoms with Gasteiger partial charge >= 0.3 is 5.97 Å². The van der Waals surface area contributed by atoms with Crippen molar-refractivity contribution in [3.63, 3.8) is 0 Å². The molecule has 1 N–H and O–H groups in total. The molecule has 6 nitrogen and oxygen atoms in total. The van der Waals surface area contributed by atoms with Crippen molar-refractivity contribution in [3.8, 4) is 0 Å². The highest BCUT2D eigenvalue weighted by atomic mass is 16.5. The van der Waals surface area contributed by atoms with E-state index in [0.717, 1.165) is 12.0 Å². The fraction of sp³-hybridized carbons (Fsp3) is 0.381. The normalized spacial score (nSPS) is 16.7. The van der Waals surface area contributed by atoms with E-state index in [0.29, 0.717) is 25.8 Å². The first-order chi connectivity index (χ1) is 13.1. The SMILES string of the molecule is C=CCCC(=O)N1CCC[C@H]1C(=O)N/C(=C/c1ccccc1)C(=O)OCC. The van der Waals surface area contributed by atoms with Crippen LogP contribution in [0.3, 0.4) is 0 Å². The summed E-state index contributed by atoms with van der Waals surface area (Å²) >= 11 is 0. The van der Waals surface area contributed by atoms with Crippen molar-refractivity contribution in [2.75, 3.05) is 13.2 Å². The van der Waals surface area contributed by atoms with Crippen LogP contribution in [0.15, 0.2) is 48.7 Å². The number of hydrogen-bond donors (Lipinski definition) is 1. The van der Waals surface area contributed by atoms with Gasteiger partial charge in [0.25, 0.3) is 0 Å². The van der Waals surface area contributed by atoms with Crippen LogP contribution < -0.4 is 5.32 Å². The van der Waals surface area contributed by atoms with Crippen LogP contribution in [0.2, 0.25) is 0 Å². The Kier molecular flexibility index (Phi) is 7.79. The molecule has 1 fully saturated rings. The average Bonchev–Trinajstić information content (AvgIpc) is 3.16. The first-order valence-electron chi connectivity index (χ1n) is 9.22. The van der Waals surface area contributed by atoms with E-state index < -0.39 is 12.0 Å². The first kappa shape index (κ1) is 20.4. The van der Waals surface area contributed by atoms with Crippen LogP contribution in [-0.4, -0.2) is 41.9 Å². The van der Waals surface area contributed by atoms with Crippen molar-refractivity contribution in [3.05, 3.63) is 54.2 Å². The van der Waals surface area contributed by atoms with Crippen LogP contribution in [0.1, 0.15) is 38.2 Å². The predicted molar refractivity (Wildman–Crippen MR) is 103 cm³/mol. The Morgan fingerprint density at radius 2 is 2.04 bits per heavy atom. The molecule has 0 saturated carbocycles. The van der Waals surface area contributed by atoms with Gasteiger partial charge in [-0.05, 0) is 37.8 Å². The van der Waals surface area contributed by atoms with Gasteiger partial charge in [-0.1, -0.05) is 36.4 Å². The summed E-state index contributed by atoms with van der Waals surface area (Å²) in [5, 5.41) is 2.67. The molecule has 1 aromatic rings. The van der Waals surface area contributed by atoms with Gasteiger partial charge < -0.3 is 15.0 Å². The highest BCUT2D eigenvalue weighted by Crippen LogP contribution is 2.20. The molecule has 1 aliphatic rings. The number of benzene rings is 1. The smallest absolute Gasteiger partial charge is 0.354 e. The van der Waals surface area contributed by atoms with Gasteiger partial charge in [-0.3, -0.25) is 9.59 Å². The fourth-order valence-electron chi connectivity index (χ4n) is 2.99. The van der Waals surface area contributed by atoms with Gasteiger partial charge in [0, 0.05) is 13.0 Å². The maximum absolute atomic E-state index is 12.8. The van der Waals surface area contributed by atoms with Crippen molar-refractivity contribution in [2.45, 2.75) is 38.6 Å². The lowest BCUT2D eigenvalue weighted by molar-refractivity contribution is -0.141. The molecule has 1 saturated heterocycles. The largest absolute Gasteiger partial charge is 0.461 e. The summed E-state index contributed by atoms with van der Waals surface area (Å²) in [5.74, 6) is -1.04. The molecule has 0 aliphatic carbocycles. The maximum atomic E-state index is 12.8. The van der Waals surface area contributed by atoms with E-state index >= 15 is 0 Å². The van der Waals surface area contributed by atoms with Crippen molar-refractivity contribution in [1.29, 1.82) is 0 Å². The Hall–Kier alpha value is -2.89. The predicted octanol–water partition coefficient (Wildman–Crippen LogP) is 2.66. The zero-order valence-corrected chi connectivity index (χ0v) is 15.6. The van der Waals surface area contributed by atoms with Gasteiger partial charge in [0.2, 0.25) is 11.8 Å². The number of nitrogens with one attached hydrogen (secondary N) is 1. The Balaban J connectivity index is 2.14. The van der Waals surface area contributed by atoms with Crippen LogP contribution in [0, 0.1) is 0 Å². The lowest BCUT2D eigenvalue weighted by Gasteiger charge is -2.24. The number of rotatable bonds is 8. The molecular formula is C21H26N2O4. The molecule has 2 amide bonds. The number of carbonyl (C=O) groups excluding carboxylic acids is 3. The number of hydrogen-bond acceptors (Lipinski definition) is 4. The summed E-state index contributed by atoms with van der Waals surface area (Å²) in [6.07, 6.45) is 5.50. The summed E-state index contributed by atoms with van der Waals surface area (Å²) in [4.78, 5) is 38.9. The highest BCUT2D eigenvalue weighted by molar-refractivity contribution is 6.00. The quantitative estimate of drug-likeness (QED) is 0.434. The zero-order valence-electron chi connectivity index (χ0n) is 15.6. The number of nitrogens with zero attached hydrogens (tertiary/aromatic N) is 1. The summed E-state index contributed by atoms with van der Waals surface area (Å²) in [5.41, 5.74) is 0.838. The number of allylic oxidation sites excluding steroid dienone is 1. The monoisotopic (exact) mass is 370 g/mol. The summed E-state index contributed by atoms with van der Waals surface area (Å²) < 4.78 is 5.05. The Morgan fingerprint density at radius 3 is 2.70 bits per heavy atom. The molecule has 27 heavy (non-hydrogen) atoms. The number of esters is 1. The molecule has 0 unspecified atom stereocenters. The standard InChI is InChI=1S/C21H26N2O4/c1-3-5-13-19(24)23-14-9-12-18(23)20(25)22-17(21(26)27-4-2)15-16-10-7-6-8-11-16/h3,6-8,10-11,15,18H,1,4-5,9,12-14H2,2H3,(H,22,25)/b17-15+/t18-/m0/s1. The molecule has 6 heteroatoms. The third-order valence-corrected chi connectivity index (χ3v) is 4.30. The van der Waals surface area contributed by atoms with E-state index in [4.69, 9.17) is 4.74 Å². The van der Waals surface area contributed by atoms with Gasteiger partial charge in [-0.2, -0.15) is 0 Å². The highest BCUT2D eigenvalue weighted by Gasteiger charge is 2.34. The van der Waals surface area contributed by atoms with Crippen molar-refractivity contribution in [2.24, 2.45) is 0 Å². The van der Waals surface area contributed by atoms with Crippen LogP contribution in [-0.2, 0) is 19.1 Å². The van der Waals surface area contributed by atoms with Crippen LogP contribution in [0.5, 0.6) is 0 Å². The van der Waals surface area contributed by atoms with Crippen LogP contribution in [0.4, 0.5) is 0 Å². The molecule has 0 bridgehead atoms. The van der Waals surface area contributed by atoms with E-state index in [-0.39, 0.29) is 24.1 Å². The number of likely N-dealkylation sites (tertiary alicyclic amines) is 1. The number of carbonyl (C=O) groups is 3. The molecule has 1 aliphatic heterocycles. The molecule has 1 atom stereocenters. The van der Waals surface area contributed by atoms with E-state index in [9.17, 15) is 14.4 Å². The van der Waals surface area contributed by atoms with Gasteiger partial charge in [0.15, 0.2) is 0 Å². The molecular weight excluding hydrogens is 344 g/mol. The van der Waals surface area contributed by atoms with Gasteiger partial charge in [0.05, 0.1) is 6.61 Å². The van der Waals surface area contributed by atoms with Gasteiger partial charge in [-0.15, -0.1) is 6.58 Å². The molecule has 0 aromatic heterocycles. The topological polar surface area (TPSA) is 75.7 Å². The van der Waals surface area contributed by atoms with Gasteiger partial charge in [0.1, 0.15) is 11.7 Å². The minimum Gasteiger partial charge on any atom is -0.461 e. The van der Waals surface area contributed by atoms with E-state index in [2.05, 4.69) is 11.9 Å². The van der Waals surface area contributed by atoms with Crippen LogP contribution in [0.25, 0.3) is 6.08 Å². The molecule has 2 rings (SSSR count). The fourth-order valence-corrected chi connectivity index (χ4v) is 2.99. The minimum absolute atomic E-state index is 0.0680. The molecule has 1 aromatic carbocycles. The summed E-state index contributed by atoms with van der Waals surface area (Å²) in [7, 11) is 0. The second-order valence-corrected chi connectivity index (χ2v) is 6.25. The zero-order chi connectivity index (χ0) is 19.6. The van der Waals surface area contributed by atoms with E-state index in [1.165, 1.54) is 0 Å². The summed E-state index contributed by atoms with van der Waals surface area (Å²) in [6, 6.07) is 8.63. The van der Waals surface area contributed by atoms with Crippen LogP contribution >= 0.6 is 0 Å². The molecule has 0 radical (unpaired) electrons. The summed E-state index contributed by atoms with van der Waals surface area (Å²) in [6.45, 7) is 6.08. The second kappa shape index (κ2) is 10.3. The second-order valence-electron chi connectivity index (χ2n) is 6.25. The first-order valence-corrected chi connectivity index (χ1v) is 9.22. The average molecular weight is 370 g/mol. The van der Waals surface area contributed by atoms with E-state index in [1.807, 2.05) is 30.3 Å². The van der Waals surface area contributed by atoms with Crippen molar-refractivity contribution in [1.82, 2.24) is 10.2 Å². The Labute approximate surface area is 159 Å². The third-order valence-electron chi connectivity index (χ3n) is 4.30. The molecule has 0 spiro atoms. The van der Waals surface area contributed by atoms with Gasteiger partial charge in [-0.25, -0.2) is 4.79 Å². The molecule has 1 heterocycles. The Bertz CT molecular complexity index is 712. The number of ether oxygens (including phenoxy) is 1. The third kappa shape index (κ3) is 5.81. The minimum atomic E-state index is -0.600. The molecule has 144 valence electrons. The Morgan fingerprint density at radius 1 is 1.30 bits per heavy atom. The maximum Gasteiger partial charge on any atom is 0.354 e. The lowest BCUT2D eigenvalue weighted by Crippen LogP contribution is -2.46. The van der Waals surface area contributed by atoms with E-state index in [1.54, 1.807) is 24.0 Å². The lowest BCUT2D eigenvalue weighted by atomic mass is 10.1. The van der Waals surface area contributed by atoms with Crippen molar-refractivity contribution >= 4 is 23.9 Å².